The quantitative estimate of drug-likeness (QED) is 0.750. The molecule has 2 N–H and O–H groups in total. The highest BCUT2D eigenvalue weighted by Gasteiger charge is 2.01. The fourth-order valence-corrected chi connectivity index (χ4v) is 1.18. The van der Waals surface area contributed by atoms with E-state index < -0.39 is 0 Å². The van der Waals surface area contributed by atoms with Crippen molar-refractivity contribution in [2.75, 3.05) is 6.61 Å². The van der Waals surface area contributed by atoms with Crippen molar-refractivity contribution in [3.8, 4) is 5.75 Å². The summed E-state index contributed by atoms with van der Waals surface area (Å²) in [4.78, 5) is 0. The molecule has 2 nitrogen and oxygen atoms in total. The second-order valence-corrected chi connectivity index (χ2v) is 3.75. The normalized spacial score (nSPS) is 12.2. The van der Waals surface area contributed by atoms with E-state index in [1.54, 1.807) is 0 Å². The third kappa shape index (κ3) is 3.76. The minimum atomic E-state index is 0.0444. The number of rotatable bonds is 5. The Morgan fingerprint density at radius 1 is 1.53 bits per heavy atom. The van der Waals surface area contributed by atoms with Gasteiger partial charge in [0.15, 0.2) is 0 Å². The van der Waals surface area contributed by atoms with Crippen LogP contribution in [0.15, 0.2) is 36.4 Å². The van der Waals surface area contributed by atoms with Crippen LogP contribution in [0, 0.1) is 0 Å². The second kappa shape index (κ2) is 5.56. The molecule has 1 aromatic carbocycles. The monoisotopic (exact) mass is 205 g/mol. The fourth-order valence-electron chi connectivity index (χ4n) is 1.18. The van der Waals surface area contributed by atoms with E-state index in [1.807, 2.05) is 31.2 Å². The molecule has 1 atom stereocenters. The summed E-state index contributed by atoms with van der Waals surface area (Å²) in [5.74, 6) is 0.861. The first-order chi connectivity index (χ1) is 7.13. The molecule has 0 amide bonds. The SMILES string of the molecule is C=C(CC)COc1cccc([C@H](C)N)c1. The molecule has 0 fully saturated rings. The highest BCUT2D eigenvalue weighted by Crippen LogP contribution is 2.18. The molecule has 0 bridgehead atoms. The standard InChI is InChI=1S/C13H19NO/c1-4-10(2)9-15-13-7-5-6-12(8-13)11(3)14/h5-8,11H,2,4,9,14H2,1,3H3/t11-/m0/s1. The lowest BCUT2D eigenvalue weighted by Gasteiger charge is -2.10. The third-order valence-corrected chi connectivity index (χ3v) is 2.33. The van der Waals surface area contributed by atoms with Gasteiger partial charge >= 0.3 is 0 Å². The molecule has 2 heteroatoms. The molecule has 0 aliphatic heterocycles. The zero-order chi connectivity index (χ0) is 11.3. The van der Waals surface area contributed by atoms with Gasteiger partial charge in [-0.25, -0.2) is 0 Å². The summed E-state index contributed by atoms with van der Waals surface area (Å²) in [5.41, 5.74) is 7.98. The Bertz CT molecular complexity index is 331. The van der Waals surface area contributed by atoms with E-state index in [-0.39, 0.29) is 6.04 Å². The number of hydrogen-bond acceptors (Lipinski definition) is 2. The maximum atomic E-state index is 5.79. The van der Waals surface area contributed by atoms with Gasteiger partial charge in [0, 0.05) is 6.04 Å². The molecule has 0 aromatic heterocycles. The Morgan fingerprint density at radius 3 is 2.87 bits per heavy atom. The fraction of sp³-hybridized carbons (Fsp3) is 0.385. The molecule has 0 aliphatic carbocycles. The molecule has 0 heterocycles. The first kappa shape index (κ1) is 11.8. The second-order valence-electron chi connectivity index (χ2n) is 3.75. The van der Waals surface area contributed by atoms with Gasteiger partial charge in [-0.05, 0) is 36.6 Å². The summed E-state index contributed by atoms with van der Waals surface area (Å²) < 4.78 is 5.59. The summed E-state index contributed by atoms with van der Waals surface area (Å²) in [6.07, 6.45) is 0.951. The zero-order valence-electron chi connectivity index (χ0n) is 9.49. The van der Waals surface area contributed by atoms with E-state index in [0.29, 0.717) is 6.61 Å². The van der Waals surface area contributed by atoms with Crippen molar-refractivity contribution in [2.24, 2.45) is 5.73 Å². The van der Waals surface area contributed by atoms with Gasteiger partial charge in [-0.2, -0.15) is 0 Å². The number of nitrogens with two attached hydrogens (primary N) is 1. The van der Waals surface area contributed by atoms with Gasteiger partial charge in [0.25, 0.3) is 0 Å². The topological polar surface area (TPSA) is 35.2 Å². The van der Waals surface area contributed by atoms with E-state index in [2.05, 4.69) is 13.5 Å². The van der Waals surface area contributed by atoms with E-state index in [9.17, 15) is 0 Å². The van der Waals surface area contributed by atoms with Crippen LogP contribution in [0.3, 0.4) is 0 Å². The first-order valence-corrected chi connectivity index (χ1v) is 5.28. The maximum absolute atomic E-state index is 5.79. The predicted molar refractivity (Wildman–Crippen MR) is 64.0 cm³/mol. The number of ether oxygens (including phenoxy) is 1. The van der Waals surface area contributed by atoms with Crippen LogP contribution in [0.1, 0.15) is 31.9 Å². The van der Waals surface area contributed by atoms with Crippen molar-refractivity contribution < 1.29 is 4.74 Å². The van der Waals surface area contributed by atoms with Crippen LogP contribution in [-0.2, 0) is 0 Å². The van der Waals surface area contributed by atoms with E-state index in [4.69, 9.17) is 10.5 Å². The lowest BCUT2D eigenvalue weighted by Crippen LogP contribution is -2.05. The zero-order valence-corrected chi connectivity index (χ0v) is 9.49. The molecular weight excluding hydrogens is 186 g/mol. The molecule has 0 radical (unpaired) electrons. The van der Waals surface area contributed by atoms with E-state index in [1.165, 1.54) is 0 Å². The summed E-state index contributed by atoms with van der Waals surface area (Å²) in [6, 6.07) is 7.93. The highest BCUT2D eigenvalue weighted by atomic mass is 16.5. The Morgan fingerprint density at radius 2 is 2.27 bits per heavy atom. The lowest BCUT2D eigenvalue weighted by molar-refractivity contribution is 0.348. The van der Waals surface area contributed by atoms with Crippen LogP contribution in [0.2, 0.25) is 0 Å². The van der Waals surface area contributed by atoms with Gasteiger partial charge in [-0.1, -0.05) is 25.6 Å². The Balaban J connectivity index is 2.61. The van der Waals surface area contributed by atoms with Gasteiger partial charge in [0.1, 0.15) is 12.4 Å². The Kier molecular flexibility index (Phi) is 4.37. The van der Waals surface area contributed by atoms with E-state index >= 15 is 0 Å². The lowest BCUT2D eigenvalue weighted by atomic mass is 10.1. The molecular formula is C13H19NO. The molecule has 0 saturated heterocycles. The summed E-state index contributed by atoms with van der Waals surface area (Å²) in [6.45, 7) is 8.51. The molecule has 0 saturated carbocycles. The molecule has 0 aliphatic rings. The molecule has 1 rings (SSSR count). The van der Waals surface area contributed by atoms with Crippen LogP contribution in [0.4, 0.5) is 0 Å². The largest absolute Gasteiger partial charge is 0.489 e. The number of benzene rings is 1. The summed E-state index contributed by atoms with van der Waals surface area (Å²) in [7, 11) is 0. The highest BCUT2D eigenvalue weighted by molar-refractivity contribution is 5.30. The van der Waals surface area contributed by atoms with Crippen molar-refractivity contribution >= 4 is 0 Å². The molecule has 1 aromatic rings. The molecule has 0 spiro atoms. The Hall–Kier alpha value is -1.28. The average molecular weight is 205 g/mol. The van der Waals surface area contributed by atoms with Crippen molar-refractivity contribution in [1.29, 1.82) is 0 Å². The number of hydrogen-bond donors (Lipinski definition) is 1. The molecule has 82 valence electrons. The summed E-state index contributed by atoms with van der Waals surface area (Å²) in [5, 5.41) is 0. The van der Waals surface area contributed by atoms with Crippen molar-refractivity contribution in [2.45, 2.75) is 26.3 Å². The van der Waals surface area contributed by atoms with E-state index in [0.717, 1.165) is 23.3 Å². The van der Waals surface area contributed by atoms with Crippen LogP contribution in [0.25, 0.3) is 0 Å². The van der Waals surface area contributed by atoms with Gasteiger partial charge in [-0.3, -0.25) is 0 Å². The minimum absolute atomic E-state index is 0.0444. The first-order valence-electron chi connectivity index (χ1n) is 5.28. The average Bonchev–Trinajstić information content (AvgIpc) is 2.26. The smallest absolute Gasteiger partial charge is 0.120 e. The van der Waals surface area contributed by atoms with Crippen molar-refractivity contribution in [3.63, 3.8) is 0 Å². The van der Waals surface area contributed by atoms with Crippen LogP contribution in [-0.4, -0.2) is 6.61 Å². The molecule has 15 heavy (non-hydrogen) atoms. The summed E-state index contributed by atoms with van der Waals surface area (Å²) >= 11 is 0. The van der Waals surface area contributed by atoms with Crippen LogP contribution >= 0.6 is 0 Å². The van der Waals surface area contributed by atoms with Crippen molar-refractivity contribution in [3.05, 3.63) is 42.0 Å². The van der Waals surface area contributed by atoms with Gasteiger partial charge in [0.2, 0.25) is 0 Å². The van der Waals surface area contributed by atoms with Crippen LogP contribution < -0.4 is 10.5 Å². The third-order valence-electron chi connectivity index (χ3n) is 2.33. The predicted octanol–water partition coefficient (Wildman–Crippen LogP) is 3.05. The van der Waals surface area contributed by atoms with Crippen molar-refractivity contribution in [1.82, 2.24) is 0 Å². The van der Waals surface area contributed by atoms with Crippen LogP contribution in [0.5, 0.6) is 5.75 Å². The molecule has 0 unspecified atom stereocenters. The van der Waals surface area contributed by atoms with Gasteiger partial charge < -0.3 is 10.5 Å². The van der Waals surface area contributed by atoms with Gasteiger partial charge in [0.05, 0.1) is 0 Å². The van der Waals surface area contributed by atoms with Gasteiger partial charge in [-0.15, -0.1) is 0 Å². The minimum Gasteiger partial charge on any atom is -0.489 e. The maximum Gasteiger partial charge on any atom is 0.120 e. The Labute approximate surface area is 91.7 Å².